The molecular formula is C15H16O2. The number of benzene rings is 1. The zero-order valence-corrected chi connectivity index (χ0v) is 9.71. The highest BCUT2D eigenvalue weighted by atomic mass is 16.5. The van der Waals surface area contributed by atoms with Crippen LogP contribution in [0, 0.1) is 17.8 Å². The molecule has 0 aliphatic heterocycles. The first-order valence-corrected chi connectivity index (χ1v) is 6.22. The van der Waals surface area contributed by atoms with Crippen LogP contribution in [0.5, 0.6) is 0 Å². The van der Waals surface area contributed by atoms with Gasteiger partial charge in [-0.2, -0.15) is 0 Å². The van der Waals surface area contributed by atoms with E-state index in [1.165, 1.54) is 0 Å². The lowest BCUT2D eigenvalue weighted by Gasteiger charge is -2.16. The van der Waals surface area contributed by atoms with Gasteiger partial charge in [-0.3, -0.25) is 4.79 Å². The molecule has 1 fully saturated rings. The number of hydrogen-bond donors (Lipinski definition) is 0. The highest BCUT2D eigenvalue weighted by Gasteiger charge is 2.40. The van der Waals surface area contributed by atoms with Crippen LogP contribution in [0.3, 0.4) is 0 Å². The summed E-state index contributed by atoms with van der Waals surface area (Å²) >= 11 is 0. The lowest BCUT2D eigenvalue weighted by Crippen LogP contribution is -2.21. The van der Waals surface area contributed by atoms with Crippen LogP contribution in [0.15, 0.2) is 42.5 Å². The summed E-state index contributed by atoms with van der Waals surface area (Å²) < 4.78 is 5.39. The molecule has 3 atom stereocenters. The van der Waals surface area contributed by atoms with Crippen molar-refractivity contribution < 1.29 is 9.53 Å². The molecule has 2 nitrogen and oxygen atoms in total. The minimum atomic E-state index is -0.0225. The van der Waals surface area contributed by atoms with Crippen molar-refractivity contribution in [2.24, 2.45) is 17.8 Å². The van der Waals surface area contributed by atoms with Crippen molar-refractivity contribution in [3.05, 3.63) is 48.0 Å². The zero-order chi connectivity index (χ0) is 11.7. The van der Waals surface area contributed by atoms with E-state index in [0.717, 1.165) is 18.4 Å². The molecule has 1 aromatic rings. The fraction of sp³-hybridized carbons (Fsp3) is 0.400. The van der Waals surface area contributed by atoms with Gasteiger partial charge in [-0.05, 0) is 30.2 Å². The molecule has 0 heterocycles. The maximum atomic E-state index is 12.0. The first-order chi connectivity index (χ1) is 8.33. The number of allylic oxidation sites excluding steroid dienone is 2. The van der Waals surface area contributed by atoms with Crippen LogP contribution in [-0.2, 0) is 16.1 Å². The number of rotatable bonds is 3. The molecule has 0 unspecified atom stereocenters. The van der Waals surface area contributed by atoms with Crippen LogP contribution in [0.25, 0.3) is 0 Å². The van der Waals surface area contributed by atoms with Gasteiger partial charge in [0.1, 0.15) is 6.61 Å². The van der Waals surface area contributed by atoms with E-state index in [1.54, 1.807) is 0 Å². The van der Waals surface area contributed by atoms with Crippen LogP contribution in [-0.4, -0.2) is 5.97 Å². The van der Waals surface area contributed by atoms with Gasteiger partial charge in [-0.15, -0.1) is 0 Å². The summed E-state index contributed by atoms with van der Waals surface area (Å²) in [7, 11) is 0. The zero-order valence-electron chi connectivity index (χ0n) is 9.71. The predicted octanol–water partition coefficient (Wildman–Crippen LogP) is 2.94. The summed E-state index contributed by atoms with van der Waals surface area (Å²) in [6.07, 6.45) is 6.55. The molecule has 2 aliphatic rings. The highest BCUT2D eigenvalue weighted by molar-refractivity contribution is 5.74. The average Bonchev–Trinajstić information content (AvgIpc) is 2.99. The molecule has 2 heteroatoms. The molecule has 1 saturated carbocycles. The van der Waals surface area contributed by atoms with Crippen LogP contribution >= 0.6 is 0 Å². The second kappa shape index (κ2) is 4.36. The van der Waals surface area contributed by atoms with Crippen LogP contribution in [0.1, 0.15) is 18.4 Å². The third kappa shape index (κ3) is 2.12. The molecule has 0 spiro atoms. The van der Waals surface area contributed by atoms with Crippen molar-refractivity contribution in [1.29, 1.82) is 0 Å². The Morgan fingerprint density at radius 1 is 1.18 bits per heavy atom. The van der Waals surface area contributed by atoms with Crippen molar-refractivity contribution in [2.75, 3.05) is 0 Å². The summed E-state index contributed by atoms with van der Waals surface area (Å²) in [6, 6.07) is 9.85. The van der Waals surface area contributed by atoms with Gasteiger partial charge in [-0.1, -0.05) is 42.5 Å². The van der Waals surface area contributed by atoms with Gasteiger partial charge in [0, 0.05) is 0 Å². The molecule has 88 valence electrons. The van der Waals surface area contributed by atoms with Crippen molar-refractivity contribution in [2.45, 2.75) is 19.4 Å². The number of carbonyl (C=O) groups excluding carboxylic acids is 1. The number of carbonyl (C=O) groups is 1. The van der Waals surface area contributed by atoms with Gasteiger partial charge in [0.25, 0.3) is 0 Å². The molecule has 0 saturated heterocycles. The Morgan fingerprint density at radius 3 is 2.65 bits per heavy atom. The molecule has 0 aromatic heterocycles. The smallest absolute Gasteiger partial charge is 0.309 e. The second-order valence-corrected chi connectivity index (χ2v) is 4.98. The Hall–Kier alpha value is -1.57. The third-order valence-electron chi connectivity index (χ3n) is 3.81. The minimum absolute atomic E-state index is 0.0225. The molecule has 3 rings (SSSR count). The molecule has 1 aromatic carbocycles. The Morgan fingerprint density at radius 2 is 2.00 bits per heavy atom. The largest absolute Gasteiger partial charge is 0.461 e. The van der Waals surface area contributed by atoms with Gasteiger partial charge in [-0.25, -0.2) is 0 Å². The van der Waals surface area contributed by atoms with E-state index < -0.39 is 0 Å². The van der Waals surface area contributed by atoms with Crippen molar-refractivity contribution in [3.8, 4) is 0 Å². The van der Waals surface area contributed by atoms with E-state index in [2.05, 4.69) is 12.2 Å². The van der Waals surface area contributed by atoms with Crippen LogP contribution in [0.4, 0.5) is 0 Å². The van der Waals surface area contributed by atoms with Crippen LogP contribution < -0.4 is 0 Å². The molecule has 17 heavy (non-hydrogen) atoms. The topological polar surface area (TPSA) is 26.3 Å². The normalized spacial score (nSPS) is 29.5. The first-order valence-electron chi connectivity index (χ1n) is 6.22. The maximum Gasteiger partial charge on any atom is 0.309 e. The van der Waals surface area contributed by atoms with E-state index in [-0.39, 0.29) is 11.9 Å². The van der Waals surface area contributed by atoms with Gasteiger partial charge in [0.05, 0.1) is 5.92 Å². The maximum absolute atomic E-state index is 12.0. The first kappa shape index (κ1) is 10.6. The second-order valence-electron chi connectivity index (χ2n) is 4.98. The average molecular weight is 228 g/mol. The monoisotopic (exact) mass is 228 g/mol. The summed E-state index contributed by atoms with van der Waals surface area (Å²) in [5, 5.41) is 0. The van der Waals surface area contributed by atoms with Gasteiger partial charge in [0.15, 0.2) is 0 Å². The number of fused-ring (bicyclic) bond motifs is 2. The lowest BCUT2D eigenvalue weighted by atomic mass is 9.94. The molecule has 2 aliphatic carbocycles. The summed E-state index contributed by atoms with van der Waals surface area (Å²) in [4.78, 5) is 12.0. The third-order valence-corrected chi connectivity index (χ3v) is 3.81. The fourth-order valence-electron chi connectivity index (χ4n) is 2.89. The van der Waals surface area contributed by atoms with Crippen molar-refractivity contribution >= 4 is 5.97 Å². The molecular weight excluding hydrogens is 212 g/mol. The summed E-state index contributed by atoms with van der Waals surface area (Å²) in [5.41, 5.74) is 1.06. The lowest BCUT2D eigenvalue weighted by molar-refractivity contribution is -0.150. The van der Waals surface area contributed by atoms with E-state index in [1.807, 2.05) is 30.3 Å². The Kier molecular flexibility index (Phi) is 2.71. The molecule has 0 N–H and O–H groups in total. The van der Waals surface area contributed by atoms with Crippen molar-refractivity contribution in [1.82, 2.24) is 0 Å². The molecule has 0 radical (unpaired) electrons. The highest BCUT2D eigenvalue weighted by Crippen LogP contribution is 2.43. The van der Waals surface area contributed by atoms with E-state index in [4.69, 9.17) is 4.74 Å². The Labute approximate surface area is 101 Å². The number of hydrogen-bond acceptors (Lipinski definition) is 2. The van der Waals surface area contributed by atoms with E-state index in [0.29, 0.717) is 18.4 Å². The number of ether oxygens (including phenoxy) is 1. The standard InChI is InChI=1S/C15H16O2/c16-15(14-9-12-6-7-13(14)8-12)17-10-11-4-2-1-3-5-11/h1-7,12-14H,8-10H2/t12-,13-,14-/m0/s1. The summed E-state index contributed by atoms with van der Waals surface area (Å²) in [6.45, 7) is 0.400. The molecule has 2 bridgehead atoms. The van der Waals surface area contributed by atoms with E-state index in [9.17, 15) is 4.79 Å². The van der Waals surface area contributed by atoms with Gasteiger partial charge in [0.2, 0.25) is 0 Å². The minimum Gasteiger partial charge on any atom is -0.461 e. The van der Waals surface area contributed by atoms with Gasteiger partial charge >= 0.3 is 5.97 Å². The van der Waals surface area contributed by atoms with Gasteiger partial charge < -0.3 is 4.74 Å². The Balaban J connectivity index is 1.56. The fourth-order valence-corrected chi connectivity index (χ4v) is 2.89. The Bertz CT molecular complexity index is 435. The quantitative estimate of drug-likeness (QED) is 0.587. The van der Waals surface area contributed by atoms with Crippen LogP contribution in [0.2, 0.25) is 0 Å². The predicted molar refractivity (Wildman–Crippen MR) is 65.1 cm³/mol. The van der Waals surface area contributed by atoms with Crippen molar-refractivity contribution in [3.63, 3.8) is 0 Å². The number of esters is 1. The molecule has 0 amide bonds. The summed E-state index contributed by atoms with van der Waals surface area (Å²) in [5.74, 6) is 1.14. The van der Waals surface area contributed by atoms with E-state index >= 15 is 0 Å². The SMILES string of the molecule is O=C(OCc1ccccc1)[C@H]1C[C@H]2C=C[C@H]1C2.